The van der Waals surface area contributed by atoms with E-state index in [1.165, 1.54) is 4.57 Å². The van der Waals surface area contributed by atoms with Gasteiger partial charge >= 0.3 is 6.18 Å². The van der Waals surface area contributed by atoms with E-state index in [9.17, 15) is 17.6 Å². The molecule has 23 heavy (non-hydrogen) atoms. The van der Waals surface area contributed by atoms with Gasteiger partial charge in [-0.15, -0.1) is 0 Å². The number of piperidine rings is 1. The Hall–Kier alpha value is -1.03. The first-order valence-electron chi connectivity index (χ1n) is 7.31. The number of halogens is 5. The standard InChI is InChI=1S/C15H16F4IN3/c16-10-7-21-5-4-12(10)22-11-2-1-3-13-9(11)6-14(20)23(13)8-15(17,18)19/h1-3,6,10,12,21-22H,4-5,7-8H2/t10-,12?/m0/s1. The molecule has 2 heterocycles. The van der Waals surface area contributed by atoms with Crippen molar-refractivity contribution < 1.29 is 17.6 Å². The summed E-state index contributed by atoms with van der Waals surface area (Å²) in [6, 6.07) is 6.51. The van der Waals surface area contributed by atoms with E-state index >= 15 is 0 Å². The molecule has 0 spiro atoms. The summed E-state index contributed by atoms with van der Waals surface area (Å²) >= 11 is 1.90. The first kappa shape index (κ1) is 16.8. The smallest absolute Gasteiger partial charge is 0.379 e. The van der Waals surface area contributed by atoms with Crippen molar-refractivity contribution in [2.45, 2.75) is 31.4 Å². The minimum Gasteiger partial charge on any atom is -0.379 e. The number of rotatable bonds is 3. The molecular weight excluding hydrogens is 425 g/mol. The van der Waals surface area contributed by atoms with Gasteiger partial charge in [-0.1, -0.05) is 6.07 Å². The molecule has 2 atom stereocenters. The van der Waals surface area contributed by atoms with Crippen LogP contribution in [0.1, 0.15) is 6.42 Å². The van der Waals surface area contributed by atoms with Crippen molar-refractivity contribution >= 4 is 39.2 Å². The highest BCUT2D eigenvalue weighted by molar-refractivity contribution is 14.1. The monoisotopic (exact) mass is 441 g/mol. The number of fused-ring (bicyclic) bond motifs is 1. The molecule has 2 aromatic rings. The Morgan fingerprint density at radius 1 is 1.35 bits per heavy atom. The third-order valence-electron chi connectivity index (χ3n) is 3.98. The Balaban J connectivity index is 1.94. The number of hydrogen-bond acceptors (Lipinski definition) is 2. The van der Waals surface area contributed by atoms with Crippen LogP contribution in [-0.2, 0) is 6.54 Å². The summed E-state index contributed by atoms with van der Waals surface area (Å²) in [6.07, 6.45) is -4.66. The number of aromatic nitrogens is 1. The quantitative estimate of drug-likeness (QED) is 0.559. The Bertz CT molecular complexity index is 698. The number of anilines is 1. The maximum atomic E-state index is 14.0. The van der Waals surface area contributed by atoms with Gasteiger partial charge in [0.25, 0.3) is 0 Å². The van der Waals surface area contributed by atoms with Crippen LogP contribution in [0.3, 0.4) is 0 Å². The lowest BCUT2D eigenvalue weighted by atomic mass is 10.0. The summed E-state index contributed by atoms with van der Waals surface area (Å²) in [5.74, 6) is 0. The number of nitrogens with one attached hydrogen (secondary N) is 2. The largest absolute Gasteiger partial charge is 0.406 e. The average molecular weight is 441 g/mol. The Kier molecular flexibility index (Phi) is 4.73. The predicted octanol–water partition coefficient (Wildman–Crippen LogP) is 3.92. The third kappa shape index (κ3) is 3.73. The van der Waals surface area contributed by atoms with Gasteiger partial charge in [-0.05, 0) is 53.8 Å². The summed E-state index contributed by atoms with van der Waals surface area (Å²) in [5.41, 5.74) is 1.18. The molecule has 0 radical (unpaired) electrons. The van der Waals surface area contributed by atoms with Crippen molar-refractivity contribution in [2.24, 2.45) is 0 Å². The molecule has 0 bridgehead atoms. The number of hydrogen-bond donors (Lipinski definition) is 2. The lowest BCUT2D eigenvalue weighted by molar-refractivity contribution is -0.140. The van der Waals surface area contributed by atoms with Crippen LogP contribution in [0.4, 0.5) is 23.2 Å². The van der Waals surface area contributed by atoms with Gasteiger partial charge in [0.2, 0.25) is 0 Å². The summed E-state index contributed by atoms with van der Waals surface area (Å²) < 4.78 is 54.0. The van der Waals surface area contributed by atoms with Gasteiger partial charge in [0, 0.05) is 17.6 Å². The highest BCUT2D eigenvalue weighted by Crippen LogP contribution is 2.31. The van der Waals surface area contributed by atoms with E-state index in [0.29, 0.717) is 33.3 Å². The van der Waals surface area contributed by atoms with Gasteiger partial charge in [0.05, 0.1) is 15.3 Å². The van der Waals surface area contributed by atoms with Crippen molar-refractivity contribution in [1.82, 2.24) is 9.88 Å². The summed E-state index contributed by atoms with van der Waals surface area (Å²) in [5, 5.41) is 6.83. The van der Waals surface area contributed by atoms with Gasteiger partial charge < -0.3 is 15.2 Å². The molecule has 8 heteroatoms. The average Bonchev–Trinajstić information content (AvgIpc) is 2.77. The van der Waals surface area contributed by atoms with E-state index in [1.54, 1.807) is 24.3 Å². The minimum atomic E-state index is -4.28. The zero-order valence-electron chi connectivity index (χ0n) is 12.1. The normalized spacial score (nSPS) is 22.5. The Morgan fingerprint density at radius 2 is 2.13 bits per heavy atom. The topological polar surface area (TPSA) is 29.0 Å². The molecule has 126 valence electrons. The first-order chi connectivity index (χ1) is 10.8. The fraction of sp³-hybridized carbons (Fsp3) is 0.467. The van der Waals surface area contributed by atoms with Crippen molar-refractivity contribution in [1.29, 1.82) is 0 Å². The van der Waals surface area contributed by atoms with E-state index in [-0.39, 0.29) is 6.04 Å². The van der Waals surface area contributed by atoms with E-state index in [1.807, 2.05) is 22.6 Å². The Morgan fingerprint density at radius 3 is 2.83 bits per heavy atom. The van der Waals surface area contributed by atoms with Crippen LogP contribution in [0.2, 0.25) is 0 Å². The van der Waals surface area contributed by atoms with E-state index in [2.05, 4.69) is 10.6 Å². The number of alkyl halides is 4. The molecule has 1 unspecified atom stereocenters. The second-order valence-electron chi connectivity index (χ2n) is 5.67. The highest BCUT2D eigenvalue weighted by atomic mass is 127. The molecule has 1 saturated heterocycles. The molecule has 0 aliphatic carbocycles. The maximum Gasteiger partial charge on any atom is 0.406 e. The molecule has 0 saturated carbocycles. The van der Waals surface area contributed by atoms with Gasteiger partial charge in [-0.2, -0.15) is 13.2 Å². The zero-order valence-corrected chi connectivity index (χ0v) is 14.3. The van der Waals surface area contributed by atoms with Crippen LogP contribution in [0.15, 0.2) is 24.3 Å². The second-order valence-corrected chi connectivity index (χ2v) is 6.77. The maximum absolute atomic E-state index is 14.0. The van der Waals surface area contributed by atoms with Crippen molar-refractivity contribution in [3.63, 3.8) is 0 Å². The minimum absolute atomic E-state index is 0.292. The third-order valence-corrected chi connectivity index (χ3v) is 4.88. The molecule has 3 rings (SSSR count). The fourth-order valence-electron chi connectivity index (χ4n) is 2.90. The summed E-state index contributed by atoms with van der Waals surface area (Å²) in [6.45, 7) is -0.0156. The highest BCUT2D eigenvalue weighted by Gasteiger charge is 2.30. The SMILES string of the molecule is F[C@H]1CNCCC1Nc1cccc2c1cc(I)n2CC(F)(F)F. The van der Waals surface area contributed by atoms with Gasteiger partial charge in [0.15, 0.2) is 0 Å². The lowest BCUT2D eigenvalue weighted by Gasteiger charge is -2.28. The van der Waals surface area contributed by atoms with Crippen LogP contribution in [0, 0.1) is 3.70 Å². The molecule has 1 aliphatic rings. The van der Waals surface area contributed by atoms with Crippen molar-refractivity contribution in [3.05, 3.63) is 28.0 Å². The van der Waals surface area contributed by atoms with Crippen LogP contribution in [-0.4, -0.2) is 36.0 Å². The second kappa shape index (κ2) is 6.46. The van der Waals surface area contributed by atoms with Crippen molar-refractivity contribution in [3.8, 4) is 0 Å². The molecule has 1 aliphatic heterocycles. The molecule has 1 aromatic heterocycles. The fourth-order valence-corrected chi connectivity index (χ4v) is 3.64. The van der Waals surface area contributed by atoms with E-state index in [4.69, 9.17) is 0 Å². The number of benzene rings is 1. The number of nitrogens with zero attached hydrogens (tertiary/aromatic N) is 1. The van der Waals surface area contributed by atoms with Crippen LogP contribution in [0.5, 0.6) is 0 Å². The zero-order chi connectivity index (χ0) is 16.6. The predicted molar refractivity (Wildman–Crippen MR) is 90.5 cm³/mol. The molecule has 1 fully saturated rings. The molecule has 0 amide bonds. The van der Waals surface area contributed by atoms with Crippen molar-refractivity contribution in [2.75, 3.05) is 18.4 Å². The summed E-state index contributed by atoms with van der Waals surface area (Å²) in [7, 11) is 0. The van der Waals surface area contributed by atoms with Crippen LogP contribution in [0.25, 0.3) is 10.9 Å². The van der Waals surface area contributed by atoms with Crippen LogP contribution >= 0.6 is 22.6 Å². The van der Waals surface area contributed by atoms with Gasteiger partial charge in [-0.3, -0.25) is 0 Å². The van der Waals surface area contributed by atoms with E-state index < -0.39 is 18.9 Å². The molecule has 2 N–H and O–H groups in total. The molecule has 3 nitrogen and oxygen atoms in total. The van der Waals surface area contributed by atoms with Crippen LogP contribution < -0.4 is 10.6 Å². The molecule has 1 aromatic carbocycles. The van der Waals surface area contributed by atoms with E-state index in [0.717, 1.165) is 6.54 Å². The first-order valence-corrected chi connectivity index (χ1v) is 8.39. The van der Waals surface area contributed by atoms with Gasteiger partial charge in [0.1, 0.15) is 12.7 Å². The summed E-state index contributed by atoms with van der Waals surface area (Å²) in [4.78, 5) is 0. The van der Waals surface area contributed by atoms with Gasteiger partial charge in [-0.25, -0.2) is 4.39 Å². The Labute approximate surface area is 144 Å². The lowest BCUT2D eigenvalue weighted by Crippen LogP contribution is -2.45. The molecular formula is C15H16F4IN3.